The lowest BCUT2D eigenvalue weighted by atomic mass is 9.91. The largest absolute Gasteiger partial charge is 0.310 e. The SMILES string of the molecule is Cc1ccc(-c2cc(-c3ccccc3)cc(N(c3cc(F)ccc3F)c3ccc4ccc5c(N(c6cc(-c7ccccc7)cc(-c7ccc(C)cc7)c6)c6cc(F)ccc6F)ccc6ccc3c4c65)c2)cc1.Fc1ccc(-c2cc(-c3ccccc3)cc(N(c3cccc(F)c3)c3ccc4ccc5c(N(c6cccc(F)c6)c6cc(-c7ccccc7)cc(-c7ccc(F)cc7)c6)ccc6ccc3c4c65)c2)cc1. The highest BCUT2D eigenvalue weighted by Gasteiger charge is 2.30. The van der Waals surface area contributed by atoms with Crippen LogP contribution in [0.25, 0.3) is 154 Å². The number of aryl methyl sites for hydroxylation is 2. The van der Waals surface area contributed by atoms with Crippen molar-refractivity contribution < 1.29 is 35.1 Å². The van der Waals surface area contributed by atoms with Crippen LogP contribution in [0.3, 0.4) is 0 Å². The van der Waals surface area contributed by atoms with E-state index in [0.717, 1.165) is 200 Å². The van der Waals surface area contributed by atoms with Gasteiger partial charge in [0.25, 0.3) is 0 Å². The monoisotopic (exact) mass is 1850 g/mol. The van der Waals surface area contributed by atoms with Gasteiger partial charge in [0.15, 0.2) is 0 Å². The summed E-state index contributed by atoms with van der Waals surface area (Å²) in [5.41, 5.74) is 24.1. The molecule has 12 heteroatoms. The third-order valence-corrected chi connectivity index (χ3v) is 26.9. The minimum atomic E-state index is -0.595. The average molecular weight is 1850 g/mol. The lowest BCUT2D eigenvalue weighted by molar-refractivity contribution is 0.601. The first-order valence-corrected chi connectivity index (χ1v) is 47.0. The molecule has 0 bridgehead atoms. The zero-order chi connectivity index (χ0) is 96.3. The fraction of sp³-hybridized carbons (Fsp3) is 0.0154. The summed E-state index contributed by atoms with van der Waals surface area (Å²) in [7, 11) is 0. The second kappa shape index (κ2) is 37.1. The first-order chi connectivity index (χ1) is 69.4. The number of halogens is 8. The Morgan fingerprint density at radius 2 is 0.366 bits per heavy atom. The number of benzene rings is 24. The molecule has 142 heavy (non-hydrogen) atoms. The van der Waals surface area contributed by atoms with E-state index in [2.05, 4.69) is 180 Å². The summed E-state index contributed by atoms with van der Waals surface area (Å²) in [5, 5.41) is 11.1. The van der Waals surface area contributed by atoms with Crippen LogP contribution < -0.4 is 19.6 Å². The van der Waals surface area contributed by atoms with Crippen LogP contribution in [0.1, 0.15) is 11.1 Å². The fourth-order valence-electron chi connectivity index (χ4n) is 20.1. The molecule has 0 heterocycles. The summed E-state index contributed by atoms with van der Waals surface area (Å²) < 4.78 is 124. The summed E-state index contributed by atoms with van der Waals surface area (Å²) in [6.07, 6.45) is 0. The third kappa shape index (κ3) is 17.0. The minimum Gasteiger partial charge on any atom is -0.310 e. The fourth-order valence-corrected chi connectivity index (χ4v) is 20.1. The maximum Gasteiger partial charge on any atom is 0.147 e. The zero-order valence-corrected chi connectivity index (χ0v) is 76.8. The van der Waals surface area contributed by atoms with Crippen molar-refractivity contribution in [3.05, 3.63) is 531 Å². The molecule has 0 aliphatic rings. The van der Waals surface area contributed by atoms with Crippen molar-refractivity contribution in [1.29, 1.82) is 0 Å². The van der Waals surface area contributed by atoms with Gasteiger partial charge in [-0.05, 0) is 328 Å². The molecule has 0 spiro atoms. The van der Waals surface area contributed by atoms with Gasteiger partial charge in [-0.25, -0.2) is 35.1 Å². The normalized spacial score (nSPS) is 11.5. The molecule has 0 radical (unpaired) electrons. The number of anilines is 12. The second-order valence-corrected chi connectivity index (χ2v) is 36.0. The Bertz CT molecular complexity index is 8380. The van der Waals surface area contributed by atoms with E-state index in [9.17, 15) is 8.78 Å². The molecule has 0 unspecified atom stereocenters. The lowest BCUT2D eigenvalue weighted by Gasteiger charge is -2.30. The van der Waals surface area contributed by atoms with Crippen molar-refractivity contribution in [2.75, 3.05) is 19.6 Å². The Morgan fingerprint density at radius 3 is 0.634 bits per heavy atom. The Kier molecular flexibility index (Phi) is 23.0. The Balaban J connectivity index is 0.000000158. The maximum atomic E-state index is 16.6. The van der Waals surface area contributed by atoms with E-state index >= 15 is 26.3 Å². The number of rotatable bonds is 20. The van der Waals surface area contributed by atoms with Crippen molar-refractivity contribution >= 4 is 133 Å². The van der Waals surface area contributed by atoms with Gasteiger partial charge in [-0.3, -0.25) is 0 Å². The summed E-state index contributed by atoms with van der Waals surface area (Å²) in [4.78, 5) is 7.82. The highest BCUT2D eigenvalue weighted by atomic mass is 19.2. The van der Waals surface area contributed by atoms with Crippen molar-refractivity contribution in [2.24, 2.45) is 0 Å². The van der Waals surface area contributed by atoms with Gasteiger partial charge in [-0.1, -0.05) is 290 Å². The minimum absolute atomic E-state index is 0.0428. The lowest BCUT2D eigenvalue weighted by Crippen LogP contribution is -2.14. The van der Waals surface area contributed by atoms with Crippen LogP contribution in [-0.4, -0.2) is 0 Å². The average Bonchev–Trinajstić information content (AvgIpc) is 0.716. The Labute approximate surface area is 816 Å². The van der Waals surface area contributed by atoms with Crippen LogP contribution in [0.15, 0.2) is 473 Å². The van der Waals surface area contributed by atoms with Crippen LogP contribution in [0.4, 0.5) is 103 Å². The molecule has 0 saturated heterocycles. The number of hydrogen-bond acceptors (Lipinski definition) is 4. The summed E-state index contributed by atoms with van der Waals surface area (Å²) in [6, 6.07) is 148. The molecule has 0 fully saturated rings. The topological polar surface area (TPSA) is 13.0 Å². The third-order valence-electron chi connectivity index (χ3n) is 26.9. The van der Waals surface area contributed by atoms with Crippen LogP contribution >= 0.6 is 0 Å². The van der Waals surface area contributed by atoms with Gasteiger partial charge in [0.05, 0.1) is 34.1 Å². The molecule has 0 atom stereocenters. The van der Waals surface area contributed by atoms with E-state index in [0.29, 0.717) is 34.1 Å². The summed E-state index contributed by atoms with van der Waals surface area (Å²) >= 11 is 0. The molecular weight excluding hydrogens is 1770 g/mol. The number of nitrogens with zero attached hydrogens (tertiary/aromatic N) is 4. The molecule has 24 aromatic carbocycles. The van der Waals surface area contributed by atoms with Crippen molar-refractivity contribution in [1.82, 2.24) is 0 Å². The molecule has 0 aliphatic carbocycles. The molecular formula is C130H84F8N4. The van der Waals surface area contributed by atoms with Gasteiger partial charge >= 0.3 is 0 Å². The van der Waals surface area contributed by atoms with Crippen molar-refractivity contribution in [3.8, 4) is 89.0 Å². The molecule has 24 aromatic rings. The predicted molar refractivity (Wildman–Crippen MR) is 572 cm³/mol. The van der Waals surface area contributed by atoms with Gasteiger partial charge in [0.2, 0.25) is 0 Å². The van der Waals surface area contributed by atoms with Gasteiger partial charge in [0, 0.05) is 67.8 Å². The second-order valence-electron chi connectivity index (χ2n) is 36.0. The summed E-state index contributed by atoms with van der Waals surface area (Å²) in [6.45, 7) is 4.09. The first-order valence-electron chi connectivity index (χ1n) is 47.0. The van der Waals surface area contributed by atoms with E-state index in [1.807, 2.05) is 206 Å². The molecule has 0 aromatic heterocycles. The quantitative estimate of drug-likeness (QED) is 0.0557. The molecule has 0 N–H and O–H groups in total. The van der Waals surface area contributed by atoms with Crippen LogP contribution in [0, 0.1) is 60.4 Å². The maximum absolute atomic E-state index is 16.6. The van der Waals surface area contributed by atoms with Crippen LogP contribution in [-0.2, 0) is 0 Å². The van der Waals surface area contributed by atoms with Crippen LogP contribution in [0.5, 0.6) is 0 Å². The van der Waals surface area contributed by atoms with Crippen molar-refractivity contribution in [3.63, 3.8) is 0 Å². The molecule has 0 amide bonds. The Morgan fingerprint density at radius 1 is 0.141 bits per heavy atom. The summed E-state index contributed by atoms with van der Waals surface area (Å²) in [5.74, 6) is -3.75. The van der Waals surface area contributed by atoms with E-state index in [4.69, 9.17) is 0 Å². The van der Waals surface area contributed by atoms with E-state index in [-0.39, 0.29) is 34.6 Å². The van der Waals surface area contributed by atoms with Crippen molar-refractivity contribution in [2.45, 2.75) is 13.8 Å². The van der Waals surface area contributed by atoms with Gasteiger partial charge in [0.1, 0.15) is 46.5 Å². The van der Waals surface area contributed by atoms with E-state index < -0.39 is 23.3 Å². The molecule has 0 saturated carbocycles. The van der Waals surface area contributed by atoms with E-state index in [1.54, 1.807) is 48.5 Å². The first kappa shape index (κ1) is 88.0. The van der Waals surface area contributed by atoms with E-state index in [1.165, 1.54) is 60.7 Å². The molecule has 680 valence electrons. The molecule has 0 aliphatic heterocycles. The Hall–Kier alpha value is -18.0. The number of hydrogen-bond donors (Lipinski definition) is 0. The zero-order valence-electron chi connectivity index (χ0n) is 76.8. The van der Waals surface area contributed by atoms with Gasteiger partial charge < -0.3 is 19.6 Å². The highest BCUT2D eigenvalue weighted by Crippen LogP contribution is 2.54. The smallest absolute Gasteiger partial charge is 0.147 e. The van der Waals surface area contributed by atoms with Crippen LogP contribution in [0.2, 0.25) is 0 Å². The van der Waals surface area contributed by atoms with Gasteiger partial charge in [-0.15, -0.1) is 0 Å². The standard InChI is InChI=1S/C66H44F4N2.C64H40F4N2/c1-41-13-17-45(18-14-41)51-33-49(43-9-5-3-6-10-43)35-55(37-51)71(63-39-53(67)25-29-59(63)69)61-31-23-47-22-28-58-62(32-24-48-21-27-57(61)65(47)66(48)58)72(64-40-54(68)26-30-60(64)70)56-36-50(44-11-7-4-8-12-44)34-52(38-56)46-19-15-42(2)16-20-46;65-51-25-17-43(18-26-51)49-33-47(41-9-3-1-4-10-41)35-57(37-49)69(55-15-7-13-53(67)39-55)61-31-23-45-22-30-60-62(32-24-46-21-29-59(61)63(45)64(46)60)70(56-16-8-14-54(68)40-56)58-36-48(42-11-5-2-6-12-42)34-50(38-58)44-19-27-52(66)28-20-44/h3-40H,1-2H3;1-40H. The van der Waals surface area contributed by atoms with Gasteiger partial charge in [-0.2, -0.15) is 0 Å². The highest BCUT2D eigenvalue weighted by molar-refractivity contribution is 6.30. The predicted octanol–water partition coefficient (Wildman–Crippen LogP) is 38.1. The molecule has 4 nitrogen and oxygen atoms in total. The molecule has 24 rings (SSSR count).